The number of amides is 1. The highest BCUT2D eigenvalue weighted by Crippen LogP contribution is 2.40. The Morgan fingerprint density at radius 3 is 2.84 bits per heavy atom. The van der Waals surface area contributed by atoms with E-state index in [1.54, 1.807) is 17.8 Å². The molecular formula is C13H15ClN2O2S. The molecule has 3 N–H and O–H groups in total. The number of fused-ring (bicyclic) bond motifs is 1. The van der Waals surface area contributed by atoms with Gasteiger partial charge in [-0.2, -0.15) is 0 Å². The number of nitrogens with one attached hydrogen (secondary N) is 1. The monoisotopic (exact) mass is 298 g/mol. The van der Waals surface area contributed by atoms with Crippen LogP contribution in [-0.2, 0) is 9.53 Å². The number of thioether (sulfide) groups is 1. The standard InChI is InChI=1S/C13H15ClN2O2S/c14-9-5-8-10(16-13(17)12(8)15)6-11(9)19-7-1-3-18-4-2-7/h5-7,12H,1-4,15H2,(H,16,17). The molecule has 102 valence electrons. The van der Waals surface area contributed by atoms with Gasteiger partial charge in [-0.05, 0) is 25.0 Å². The van der Waals surface area contributed by atoms with Crippen molar-refractivity contribution in [3.8, 4) is 0 Å². The van der Waals surface area contributed by atoms with Gasteiger partial charge in [0.05, 0.1) is 5.02 Å². The van der Waals surface area contributed by atoms with E-state index in [9.17, 15) is 4.79 Å². The van der Waals surface area contributed by atoms with Gasteiger partial charge in [-0.25, -0.2) is 0 Å². The van der Waals surface area contributed by atoms with Crippen molar-refractivity contribution in [2.24, 2.45) is 5.73 Å². The first-order valence-electron chi connectivity index (χ1n) is 6.29. The van der Waals surface area contributed by atoms with Gasteiger partial charge in [-0.1, -0.05) is 11.6 Å². The van der Waals surface area contributed by atoms with Crippen molar-refractivity contribution in [2.75, 3.05) is 18.5 Å². The lowest BCUT2D eigenvalue weighted by molar-refractivity contribution is -0.116. The number of benzene rings is 1. The molecule has 0 aliphatic carbocycles. The number of halogens is 1. The molecule has 2 heterocycles. The first kappa shape index (κ1) is 13.2. The second kappa shape index (κ2) is 5.32. The van der Waals surface area contributed by atoms with Crippen molar-refractivity contribution in [2.45, 2.75) is 29.0 Å². The molecule has 1 saturated heterocycles. The summed E-state index contributed by atoms with van der Waals surface area (Å²) in [5.41, 5.74) is 7.37. The predicted octanol–water partition coefficient (Wildman–Crippen LogP) is 2.56. The summed E-state index contributed by atoms with van der Waals surface area (Å²) >= 11 is 8.05. The second-order valence-electron chi connectivity index (χ2n) is 4.77. The third-order valence-corrected chi connectivity index (χ3v) is 5.26. The van der Waals surface area contributed by atoms with Gasteiger partial charge in [-0.15, -0.1) is 11.8 Å². The van der Waals surface area contributed by atoms with E-state index < -0.39 is 6.04 Å². The van der Waals surface area contributed by atoms with Gasteiger partial charge >= 0.3 is 0 Å². The van der Waals surface area contributed by atoms with Gasteiger partial charge in [0.15, 0.2) is 0 Å². The highest BCUT2D eigenvalue weighted by molar-refractivity contribution is 8.00. The third-order valence-electron chi connectivity index (χ3n) is 3.44. The fraction of sp³-hybridized carbons (Fsp3) is 0.462. The summed E-state index contributed by atoms with van der Waals surface area (Å²) in [6, 6.07) is 3.14. The first-order valence-corrected chi connectivity index (χ1v) is 7.55. The molecule has 1 unspecified atom stereocenters. The summed E-state index contributed by atoms with van der Waals surface area (Å²) in [7, 11) is 0. The number of hydrogen-bond donors (Lipinski definition) is 2. The number of carbonyl (C=O) groups excluding carboxylic acids is 1. The summed E-state index contributed by atoms with van der Waals surface area (Å²) in [5, 5.41) is 3.98. The van der Waals surface area contributed by atoms with E-state index in [1.165, 1.54) is 0 Å². The van der Waals surface area contributed by atoms with Crippen LogP contribution in [0.5, 0.6) is 0 Å². The topological polar surface area (TPSA) is 64.4 Å². The van der Waals surface area contributed by atoms with Gasteiger partial charge in [0.1, 0.15) is 6.04 Å². The van der Waals surface area contributed by atoms with Crippen molar-refractivity contribution < 1.29 is 9.53 Å². The number of carbonyl (C=O) groups is 1. The molecule has 4 nitrogen and oxygen atoms in total. The smallest absolute Gasteiger partial charge is 0.245 e. The molecular weight excluding hydrogens is 284 g/mol. The second-order valence-corrected chi connectivity index (χ2v) is 6.52. The van der Waals surface area contributed by atoms with Gasteiger partial charge in [0.25, 0.3) is 0 Å². The van der Waals surface area contributed by atoms with Gasteiger partial charge < -0.3 is 15.8 Å². The van der Waals surface area contributed by atoms with E-state index >= 15 is 0 Å². The van der Waals surface area contributed by atoms with Crippen LogP contribution in [0.25, 0.3) is 0 Å². The normalized spacial score (nSPS) is 23.3. The van der Waals surface area contributed by atoms with Crippen molar-refractivity contribution in [1.29, 1.82) is 0 Å². The maximum Gasteiger partial charge on any atom is 0.245 e. The highest BCUT2D eigenvalue weighted by atomic mass is 35.5. The third kappa shape index (κ3) is 2.60. The number of ether oxygens (including phenoxy) is 1. The average Bonchev–Trinajstić information content (AvgIpc) is 2.67. The molecule has 1 aromatic rings. The molecule has 0 bridgehead atoms. The zero-order chi connectivity index (χ0) is 13.4. The van der Waals surface area contributed by atoms with Crippen LogP contribution in [0.4, 0.5) is 5.69 Å². The lowest BCUT2D eigenvalue weighted by Crippen LogP contribution is -2.19. The molecule has 1 fully saturated rings. The van der Waals surface area contributed by atoms with Crippen LogP contribution in [0.2, 0.25) is 5.02 Å². The highest BCUT2D eigenvalue weighted by Gasteiger charge is 2.28. The SMILES string of the molecule is NC1C(=O)Nc2cc(SC3CCOCC3)c(Cl)cc21. The molecule has 1 atom stereocenters. The molecule has 0 radical (unpaired) electrons. The minimum atomic E-state index is -0.602. The van der Waals surface area contributed by atoms with Crippen molar-refractivity contribution in [3.05, 3.63) is 22.7 Å². The number of hydrogen-bond acceptors (Lipinski definition) is 4. The maximum atomic E-state index is 11.5. The molecule has 3 rings (SSSR count). The molecule has 19 heavy (non-hydrogen) atoms. The molecule has 0 spiro atoms. The number of nitrogens with two attached hydrogens (primary N) is 1. The molecule has 2 aliphatic rings. The number of rotatable bonds is 2. The van der Waals surface area contributed by atoms with Crippen LogP contribution in [0, 0.1) is 0 Å². The summed E-state index contributed by atoms with van der Waals surface area (Å²) in [5.74, 6) is -0.167. The summed E-state index contributed by atoms with van der Waals surface area (Å²) in [6.07, 6.45) is 2.06. The Labute approximate surface area is 121 Å². The summed E-state index contributed by atoms with van der Waals surface area (Å²) in [4.78, 5) is 12.5. The van der Waals surface area contributed by atoms with E-state index in [0.717, 1.165) is 42.2 Å². The predicted molar refractivity (Wildman–Crippen MR) is 76.7 cm³/mol. The minimum Gasteiger partial charge on any atom is -0.381 e. The van der Waals surface area contributed by atoms with E-state index in [0.29, 0.717) is 10.3 Å². The van der Waals surface area contributed by atoms with Crippen molar-refractivity contribution in [1.82, 2.24) is 0 Å². The fourth-order valence-corrected chi connectivity index (χ4v) is 3.80. The van der Waals surface area contributed by atoms with Crippen LogP contribution in [-0.4, -0.2) is 24.4 Å². The summed E-state index contributed by atoms with van der Waals surface area (Å²) in [6.45, 7) is 1.61. The Hall–Kier alpha value is -0.750. The van der Waals surface area contributed by atoms with E-state index in [2.05, 4.69) is 5.32 Å². The Morgan fingerprint density at radius 1 is 1.37 bits per heavy atom. The van der Waals surface area contributed by atoms with Crippen LogP contribution in [0.3, 0.4) is 0 Å². The van der Waals surface area contributed by atoms with Crippen molar-refractivity contribution in [3.63, 3.8) is 0 Å². The molecule has 0 aromatic heterocycles. The van der Waals surface area contributed by atoms with Gasteiger partial charge in [-0.3, -0.25) is 4.79 Å². The Balaban J connectivity index is 1.83. The molecule has 0 saturated carbocycles. The zero-order valence-electron chi connectivity index (χ0n) is 10.3. The zero-order valence-corrected chi connectivity index (χ0v) is 11.9. The van der Waals surface area contributed by atoms with E-state index in [1.807, 2.05) is 6.07 Å². The van der Waals surface area contributed by atoms with E-state index in [-0.39, 0.29) is 5.91 Å². The Kier molecular flexibility index (Phi) is 3.71. The largest absolute Gasteiger partial charge is 0.381 e. The number of anilines is 1. The fourth-order valence-electron chi connectivity index (χ4n) is 2.35. The van der Waals surface area contributed by atoms with Crippen LogP contribution in [0.15, 0.2) is 17.0 Å². The molecule has 1 amide bonds. The first-order chi connectivity index (χ1) is 9.15. The molecule has 1 aromatic carbocycles. The van der Waals surface area contributed by atoms with Gasteiger partial charge in [0, 0.05) is 34.6 Å². The Bertz CT molecular complexity index is 518. The maximum absolute atomic E-state index is 11.5. The van der Waals surface area contributed by atoms with Crippen LogP contribution < -0.4 is 11.1 Å². The van der Waals surface area contributed by atoms with E-state index in [4.69, 9.17) is 22.1 Å². The minimum absolute atomic E-state index is 0.167. The quantitative estimate of drug-likeness (QED) is 0.881. The van der Waals surface area contributed by atoms with Gasteiger partial charge in [0.2, 0.25) is 5.91 Å². The Morgan fingerprint density at radius 2 is 2.11 bits per heavy atom. The van der Waals surface area contributed by atoms with Crippen molar-refractivity contribution >= 4 is 35.0 Å². The molecule has 6 heteroatoms. The van der Waals surface area contributed by atoms with Crippen LogP contribution in [0.1, 0.15) is 24.4 Å². The summed E-state index contributed by atoms with van der Waals surface area (Å²) < 4.78 is 5.35. The lowest BCUT2D eigenvalue weighted by Gasteiger charge is -2.22. The lowest BCUT2D eigenvalue weighted by atomic mass is 10.1. The van der Waals surface area contributed by atoms with Crippen LogP contribution >= 0.6 is 23.4 Å². The molecule has 2 aliphatic heterocycles. The average molecular weight is 299 g/mol.